The largest absolute Gasteiger partial charge is 0.483 e. The van der Waals surface area contributed by atoms with Gasteiger partial charge in [0, 0.05) is 22.0 Å². The molecule has 2 aromatic rings. The molecule has 0 saturated carbocycles. The number of nitrogens with one attached hydrogen (secondary N) is 2. The number of benzene rings is 2. The molecule has 0 heterocycles. The summed E-state index contributed by atoms with van der Waals surface area (Å²) in [6, 6.07) is 10.8. The van der Waals surface area contributed by atoms with Crippen LogP contribution in [-0.2, 0) is 9.59 Å². The van der Waals surface area contributed by atoms with E-state index >= 15 is 0 Å². The number of carbonyl (C=O) groups excluding carboxylic acids is 2. The van der Waals surface area contributed by atoms with Gasteiger partial charge in [-0.15, -0.1) is 0 Å². The van der Waals surface area contributed by atoms with Crippen LogP contribution in [0.2, 0.25) is 0 Å². The van der Waals surface area contributed by atoms with Crippen molar-refractivity contribution in [2.45, 2.75) is 0 Å². The van der Waals surface area contributed by atoms with Crippen molar-refractivity contribution in [3.63, 3.8) is 0 Å². The van der Waals surface area contributed by atoms with Crippen LogP contribution in [0.25, 0.3) is 0 Å². The molecule has 0 aliphatic rings. The van der Waals surface area contributed by atoms with Crippen LogP contribution in [0.15, 0.2) is 54.3 Å². The van der Waals surface area contributed by atoms with Gasteiger partial charge in [-0.25, -0.2) is 0 Å². The van der Waals surface area contributed by atoms with E-state index in [-0.39, 0.29) is 38.1 Å². The minimum atomic E-state index is -0.279. The summed E-state index contributed by atoms with van der Waals surface area (Å²) in [7, 11) is 0. The fraction of sp³-hybridized carbons (Fsp3) is 0.222. The highest BCUT2D eigenvalue weighted by atomic mass is 79.9. The van der Waals surface area contributed by atoms with Crippen LogP contribution >= 0.6 is 63.7 Å². The highest BCUT2D eigenvalue weighted by molar-refractivity contribution is 9.11. The molecular formula is C18H16Br4N2O4. The summed E-state index contributed by atoms with van der Waals surface area (Å²) in [5.41, 5.74) is 0. The van der Waals surface area contributed by atoms with Crippen LogP contribution in [0.1, 0.15) is 0 Å². The molecule has 0 atom stereocenters. The topological polar surface area (TPSA) is 76.7 Å². The number of hydrogen-bond acceptors (Lipinski definition) is 4. The molecule has 6 nitrogen and oxygen atoms in total. The van der Waals surface area contributed by atoms with Crippen molar-refractivity contribution in [1.82, 2.24) is 10.6 Å². The fourth-order valence-corrected chi connectivity index (χ4v) is 4.30. The van der Waals surface area contributed by atoms with Gasteiger partial charge in [-0.1, -0.05) is 31.9 Å². The molecule has 2 aromatic carbocycles. The summed E-state index contributed by atoms with van der Waals surface area (Å²) in [4.78, 5) is 23.6. The summed E-state index contributed by atoms with van der Waals surface area (Å²) < 4.78 is 14.2. The monoisotopic (exact) mass is 640 g/mol. The van der Waals surface area contributed by atoms with E-state index in [4.69, 9.17) is 9.47 Å². The second kappa shape index (κ2) is 11.8. The Hall–Kier alpha value is -1.10. The van der Waals surface area contributed by atoms with Crippen LogP contribution in [0.3, 0.4) is 0 Å². The lowest BCUT2D eigenvalue weighted by Crippen LogP contribution is -2.38. The molecule has 2 rings (SSSR count). The van der Waals surface area contributed by atoms with Crippen molar-refractivity contribution >= 4 is 75.5 Å². The third-order valence-corrected chi connectivity index (χ3v) is 5.50. The van der Waals surface area contributed by atoms with E-state index in [2.05, 4.69) is 74.4 Å². The molecule has 0 aliphatic carbocycles. The van der Waals surface area contributed by atoms with Gasteiger partial charge in [-0.05, 0) is 68.3 Å². The first kappa shape index (κ1) is 23.2. The highest BCUT2D eigenvalue weighted by Crippen LogP contribution is 2.28. The van der Waals surface area contributed by atoms with Crippen molar-refractivity contribution < 1.29 is 19.1 Å². The summed E-state index contributed by atoms with van der Waals surface area (Å²) >= 11 is 13.4. The minimum Gasteiger partial charge on any atom is -0.483 e. The fourth-order valence-electron chi connectivity index (χ4n) is 1.98. The Morgan fingerprint density at radius 3 is 1.46 bits per heavy atom. The molecule has 0 unspecified atom stereocenters. The first-order valence-corrected chi connectivity index (χ1v) is 11.2. The van der Waals surface area contributed by atoms with Gasteiger partial charge in [0.2, 0.25) is 0 Å². The van der Waals surface area contributed by atoms with E-state index in [0.717, 1.165) is 17.9 Å². The number of carbonyl (C=O) groups is 2. The number of ether oxygens (including phenoxy) is 2. The predicted molar refractivity (Wildman–Crippen MR) is 121 cm³/mol. The summed E-state index contributed by atoms with van der Waals surface area (Å²) in [5.74, 6) is 0.587. The second-order valence-electron chi connectivity index (χ2n) is 5.43. The molecule has 2 amide bonds. The van der Waals surface area contributed by atoms with Crippen LogP contribution in [0.5, 0.6) is 11.5 Å². The average molecular weight is 644 g/mol. The van der Waals surface area contributed by atoms with Gasteiger partial charge in [0.05, 0.1) is 8.95 Å². The molecule has 0 aliphatic heterocycles. The van der Waals surface area contributed by atoms with Crippen molar-refractivity contribution in [3.8, 4) is 11.5 Å². The number of halogens is 4. The van der Waals surface area contributed by atoms with E-state index in [1.54, 1.807) is 12.1 Å². The molecular weight excluding hydrogens is 628 g/mol. The average Bonchev–Trinajstić information content (AvgIpc) is 2.64. The van der Waals surface area contributed by atoms with Gasteiger partial charge in [-0.3, -0.25) is 9.59 Å². The molecule has 0 fully saturated rings. The quantitative estimate of drug-likeness (QED) is 0.397. The molecule has 0 bridgehead atoms. The molecule has 0 radical (unpaired) electrons. The number of hydrogen-bond donors (Lipinski definition) is 2. The Bertz CT molecular complexity index is 779. The summed E-state index contributed by atoms with van der Waals surface area (Å²) in [6.45, 7) is 0.346. The van der Waals surface area contributed by atoms with Crippen LogP contribution in [0, 0.1) is 0 Å². The maximum absolute atomic E-state index is 11.8. The Morgan fingerprint density at radius 1 is 0.714 bits per heavy atom. The zero-order valence-corrected chi connectivity index (χ0v) is 20.8. The summed E-state index contributed by atoms with van der Waals surface area (Å²) in [5, 5.41) is 5.34. The van der Waals surface area contributed by atoms with Gasteiger partial charge < -0.3 is 20.1 Å². The van der Waals surface area contributed by atoms with E-state index in [1.165, 1.54) is 0 Å². The van der Waals surface area contributed by atoms with Crippen molar-refractivity contribution in [1.29, 1.82) is 0 Å². The normalized spacial score (nSPS) is 10.3. The van der Waals surface area contributed by atoms with Crippen molar-refractivity contribution in [2.24, 2.45) is 0 Å². The third-order valence-electron chi connectivity index (χ3n) is 3.27. The van der Waals surface area contributed by atoms with Crippen molar-refractivity contribution in [3.05, 3.63) is 54.3 Å². The predicted octanol–water partition coefficient (Wildman–Crippen LogP) is 4.43. The number of amides is 2. The maximum atomic E-state index is 11.8. The molecule has 0 spiro atoms. The molecule has 150 valence electrons. The van der Waals surface area contributed by atoms with E-state index in [0.29, 0.717) is 11.5 Å². The zero-order valence-electron chi connectivity index (χ0n) is 14.4. The Morgan fingerprint density at radius 2 is 1.11 bits per heavy atom. The van der Waals surface area contributed by atoms with Crippen LogP contribution in [0.4, 0.5) is 0 Å². The van der Waals surface area contributed by atoms with Gasteiger partial charge in [0.15, 0.2) is 13.2 Å². The van der Waals surface area contributed by atoms with Crippen molar-refractivity contribution in [2.75, 3.05) is 26.3 Å². The lowest BCUT2D eigenvalue weighted by atomic mass is 10.3. The zero-order chi connectivity index (χ0) is 20.5. The standard InChI is InChI=1S/C18H16Br4N2O4/c19-11-1-3-15(13(21)7-11)27-9-17(25)23-5-6-24-18(26)10-28-16-4-2-12(20)8-14(16)22/h1-4,7-8H,5-6,9-10H2,(H,23,25)(H,24,26). The molecule has 2 N–H and O–H groups in total. The number of rotatable bonds is 9. The highest BCUT2D eigenvalue weighted by Gasteiger charge is 2.08. The second-order valence-corrected chi connectivity index (χ2v) is 8.97. The Balaban J connectivity index is 1.61. The van der Waals surface area contributed by atoms with Gasteiger partial charge in [-0.2, -0.15) is 0 Å². The Kier molecular flexibility index (Phi) is 9.76. The summed E-state index contributed by atoms with van der Waals surface area (Å²) in [6.07, 6.45) is 0. The van der Waals surface area contributed by atoms with Crippen LogP contribution in [-0.4, -0.2) is 38.1 Å². The van der Waals surface area contributed by atoms with E-state index in [1.807, 2.05) is 24.3 Å². The molecule has 28 heavy (non-hydrogen) atoms. The lowest BCUT2D eigenvalue weighted by Gasteiger charge is -2.11. The van der Waals surface area contributed by atoms with E-state index < -0.39 is 0 Å². The Labute approximate surface area is 196 Å². The smallest absolute Gasteiger partial charge is 0.258 e. The molecule has 0 saturated heterocycles. The third kappa shape index (κ3) is 8.10. The molecule has 10 heteroatoms. The van der Waals surface area contributed by atoms with E-state index in [9.17, 15) is 9.59 Å². The van der Waals surface area contributed by atoms with Gasteiger partial charge in [0.25, 0.3) is 11.8 Å². The van der Waals surface area contributed by atoms with Gasteiger partial charge >= 0.3 is 0 Å². The minimum absolute atomic E-state index is 0.116. The SMILES string of the molecule is O=C(COc1ccc(Br)cc1Br)NCCNC(=O)COc1ccc(Br)cc1Br. The van der Waals surface area contributed by atoms with Gasteiger partial charge in [0.1, 0.15) is 11.5 Å². The maximum Gasteiger partial charge on any atom is 0.258 e. The molecule has 0 aromatic heterocycles. The first-order valence-electron chi connectivity index (χ1n) is 8.04. The van der Waals surface area contributed by atoms with Crippen LogP contribution < -0.4 is 20.1 Å². The lowest BCUT2D eigenvalue weighted by molar-refractivity contribution is -0.124. The first-order chi connectivity index (χ1) is 13.3.